The van der Waals surface area contributed by atoms with Crippen molar-refractivity contribution >= 4 is 11.3 Å². The van der Waals surface area contributed by atoms with E-state index in [0.29, 0.717) is 0 Å². The van der Waals surface area contributed by atoms with Crippen molar-refractivity contribution in [2.75, 3.05) is 0 Å². The van der Waals surface area contributed by atoms with E-state index in [1.165, 1.54) is 111 Å². The van der Waals surface area contributed by atoms with Crippen LogP contribution in [0.5, 0.6) is 0 Å². The Hall–Kier alpha value is -7.32. The van der Waals surface area contributed by atoms with E-state index >= 15 is 0 Å². The Morgan fingerprint density at radius 1 is 0.266 bits per heavy atom. The van der Waals surface area contributed by atoms with Crippen molar-refractivity contribution in [1.82, 2.24) is 0 Å². The first-order valence-electron chi connectivity index (χ1n) is 28.5. The largest absolute Gasteiger partial charge is 0.144 e. The van der Waals surface area contributed by atoms with Crippen LogP contribution in [0.25, 0.3) is 54.9 Å². The summed E-state index contributed by atoms with van der Waals surface area (Å²) < 4.78 is 0. The molecule has 0 atom stereocenters. The molecule has 9 aromatic carbocycles. The Kier molecular flexibility index (Phi) is 14.7. The fourth-order valence-corrected chi connectivity index (χ4v) is 12.9. The molecule has 0 saturated carbocycles. The van der Waals surface area contributed by atoms with E-state index in [-0.39, 0.29) is 32.5 Å². The summed E-state index contributed by atoms with van der Waals surface area (Å²) in [4.78, 5) is 1.34. The molecule has 13 rings (SSSR count). The SMILES string of the molecule is CC(C)(C)c1ccc(-c2ccccc2)cc1.CC(C)(C)c1ccc(-c2cccs2)cc1.CC(C)(C)c1ccc2c(c1)-c1ccccc1C2(C)C.CC(C)(C)c1ccc2c(c1)-c1ccccc1C21c2ccccc2-c2ccccc21. The van der Waals surface area contributed by atoms with E-state index in [1.807, 2.05) is 6.07 Å². The van der Waals surface area contributed by atoms with Crippen LogP contribution in [-0.4, -0.2) is 0 Å². The first-order valence-corrected chi connectivity index (χ1v) is 29.4. The zero-order valence-corrected chi connectivity index (χ0v) is 50.2. The standard InChI is InChI=1S/C29H24.C19H22.C16H18.C14H16S/c1-28(2,3)19-16-17-27-23(18-19)22-12-6-9-15-26(22)29(27)24-13-7-4-10-20(24)21-11-5-8-14-25(21)29;1-18(2,3)13-10-11-17-15(12-13)14-8-6-7-9-16(14)19(17,4)5;1-16(2,3)15-11-9-14(10-12-15)13-7-5-4-6-8-13;1-14(2,3)12-8-6-11(7-9-12)13-5-4-10-15-13/h4-18H,1-3H3;6-12H,1-5H3;4-12H,1-3H3;4-10H,1-3H3. The van der Waals surface area contributed by atoms with Crippen molar-refractivity contribution in [2.45, 2.75) is 129 Å². The molecule has 3 aliphatic carbocycles. The van der Waals surface area contributed by atoms with Crippen molar-refractivity contribution in [3.63, 3.8) is 0 Å². The molecule has 0 fully saturated rings. The lowest BCUT2D eigenvalue weighted by atomic mass is 9.70. The van der Waals surface area contributed by atoms with Gasteiger partial charge in [-0.3, -0.25) is 0 Å². The highest BCUT2D eigenvalue weighted by Crippen LogP contribution is 2.63. The smallest absolute Gasteiger partial charge is 0.0725 e. The van der Waals surface area contributed by atoms with Gasteiger partial charge in [-0.2, -0.15) is 0 Å². The van der Waals surface area contributed by atoms with Crippen LogP contribution >= 0.6 is 11.3 Å². The fourth-order valence-electron chi connectivity index (χ4n) is 12.1. The molecular weight excluding hydrogens is 969 g/mol. The van der Waals surface area contributed by atoms with E-state index in [0.717, 1.165) is 0 Å². The van der Waals surface area contributed by atoms with Gasteiger partial charge in [0.05, 0.1) is 5.41 Å². The van der Waals surface area contributed by atoms with Crippen LogP contribution in [0.2, 0.25) is 0 Å². The Morgan fingerprint density at radius 2 is 0.582 bits per heavy atom. The second-order valence-corrected chi connectivity index (χ2v) is 27.5. The molecule has 79 heavy (non-hydrogen) atoms. The average Bonchev–Trinajstić information content (AvgIpc) is 2.49. The molecule has 0 radical (unpaired) electrons. The first kappa shape index (κ1) is 55.0. The number of benzene rings is 9. The van der Waals surface area contributed by atoms with Gasteiger partial charge < -0.3 is 0 Å². The predicted octanol–water partition coefficient (Wildman–Crippen LogP) is 22.0. The maximum absolute atomic E-state index is 2.44. The van der Waals surface area contributed by atoms with Crippen molar-refractivity contribution in [3.8, 4) is 54.9 Å². The van der Waals surface area contributed by atoms with E-state index in [9.17, 15) is 0 Å². The minimum atomic E-state index is -0.213. The van der Waals surface area contributed by atoms with Gasteiger partial charge in [-0.05, 0) is 139 Å². The summed E-state index contributed by atoms with van der Waals surface area (Å²) in [6.07, 6.45) is 0. The van der Waals surface area contributed by atoms with Gasteiger partial charge in [0, 0.05) is 10.3 Å². The van der Waals surface area contributed by atoms with Crippen molar-refractivity contribution < 1.29 is 0 Å². The summed E-state index contributed by atoms with van der Waals surface area (Å²) in [6, 6.07) is 82.5. The summed E-state index contributed by atoms with van der Waals surface area (Å²) >= 11 is 1.79. The molecule has 398 valence electrons. The maximum atomic E-state index is 2.44. The Labute approximate surface area is 478 Å². The minimum Gasteiger partial charge on any atom is -0.144 e. The van der Waals surface area contributed by atoms with E-state index < -0.39 is 0 Å². The molecule has 1 heterocycles. The summed E-state index contributed by atoms with van der Waals surface area (Å²) in [5.41, 5.74) is 27.1. The average molecular weight is 1050 g/mol. The van der Waals surface area contributed by atoms with Crippen LogP contribution < -0.4 is 0 Å². The third kappa shape index (κ3) is 10.6. The molecule has 0 aliphatic heterocycles. The topological polar surface area (TPSA) is 0 Å². The minimum absolute atomic E-state index is 0.127. The molecule has 0 unspecified atom stereocenters. The Balaban J connectivity index is 0.000000124. The molecule has 1 spiro atoms. The van der Waals surface area contributed by atoms with Crippen LogP contribution in [0.1, 0.15) is 153 Å². The quantitative estimate of drug-likeness (QED) is 0.162. The highest BCUT2D eigenvalue weighted by atomic mass is 32.1. The van der Waals surface area contributed by atoms with Crippen molar-refractivity contribution in [2.24, 2.45) is 0 Å². The summed E-state index contributed by atoms with van der Waals surface area (Å²) in [5.74, 6) is 0. The molecule has 0 nitrogen and oxygen atoms in total. The predicted molar refractivity (Wildman–Crippen MR) is 343 cm³/mol. The third-order valence-corrected chi connectivity index (χ3v) is 17.6. The lowest BCUT2D eigenvalue weighted by Gasteiger charge is -2.30. The van der Waals surface area contributed by atoms with Gasteiger partial charge in [0.15, 0.2) is 0 Å². The molecule has 1 heteroatoms. The van der Waals surface area contributed by atoms with E-state index in [1.54, 1.807) is 11.3 Å². The third-order valence-electron chi connectivity index (χ3n) is 16.7. The highest BCUT2D eigenvalue weighted by Gasteiger charge is 2.51. The molecule has 0 bridgehead atoms. The van der Waals surface area contributed by atoms with Gasteiger partial charge in [-0.15, -0.1) is 11.3 Å². The molecule has 0 amide bonds. The van der Waals surface area contributed by atoms with Crippen molar-refractivity contribution in [3.05, 3.63) is 285 Å². The molecule has 0 N–H and O–H groups in total. The number of thiophene rings is 1. The second kappa shape index (κ2) is 21.1. The summed E-state index contributed by atoms with van der Waals surface area (Å²) in [6.45, 7) is 31.8. The maximum Gasteiger partial charge on any atom is 0.0725 e. The Morgan fingerprint density at radius 3 is 1.01 bits per heavy atom. The van der Waals surface area contributed by atoms with E-state index in [2.05, 4.69) is 321 Å². The van der Waals surface area contributed by atoms with E-state index in [4.69, 9.17) is 0 Å². The highest BCUT2D eigenvalue weighted by molar-refractivity contribution is 7.13. The van der Waals surface area contributed by atoms with Crippen LogP contribution in [0.4, 0.5) is 0 Å². The second-order valence-electron chi connectivity index (χ2n) is 26.6. The fraction of sp³-hybridized carbons (Fsp3) is 0.256. The van der Waals surface area contributed by atoms with Gasteiger partial charge in [0.25, 0.3) is 0 Å². The lowest BCUT2D eigenvalue weighted by Crippen LogP contribution is -2.26. The number of rotatable bonds is 2. The normalized spacial score (nSPS) is 13.9. The molecule has 3 aliphatic rings. The molecular formula is C78H80S. The molecule has 1 aromatic heterocycles. The first-order chi connectivity index (χ1) is 37.5. The number of fused-ring (bicyclic) bond motifs is 13. The molecule has 0 saturated heterocycles. The summed E-state index contributed by atoms with van der Waals surface area (Å²) in [5, 5.41) is 2.12. The van der Waals surface area contributed by atoms with Gasteiger partial charge in [0.2, 0.25) is 0 Å². The number of hydrogen-bond acceptors (Lipinski definition) is 1. The molecule has 10 aromatic rings. The van der Waals surface area contributed by atoms with Crippen LogP contribution in [-0.2, 0) is 32.5 Å². The van der Waals surface area contributed by atoms with Crippen LogP contribution in [0, 0.1) is 0 Å². The van der Waals surface area contributed by atoms with Gasteiger partial charge >= 0.3 is 0 Å². The monoisotopic (exact) mass is 1050 g/mol. The van der Waals surface area contributed by atoms with Crippen LogP contribution in [0.3, 0.4) is 0 Å². The van der Waals surface area contributed by atoms with Crippen LogP contribution in [0.15, 0.2) is 230 Å². The zero-order valence-electron chi connectivity index (χ0n) is 49.3. The lowest BCUT2D eigenvalue weighted by molar-refractivity contribution is 0.589. The van der Waals surface area contributed by atoms with Gasteiger partial charge in [0.1, 0.15) is 0 Å². The zero-order chi connectivity index (χ0) is 56.1. The van der Waals surface area contributed by atoms with Gasteiger partial charge in [-0.1, -0.05) is 315 Å². The number of hydrogen-bond donors (Lipinski definition) is 0. The summed E-state index contributed by atoms with van der Waals surface area (Å²) in [7, 11) is 0. The Bertz CT molecular complexity index is 3700. The van der Waals surface area contributed by atoms with Crippen molar-refractivity contribution in [1.29, 1.82) is 0 Å². The van der Waals surface area contributed by atoms with Gasteiger partial charge in [-0.25, -0.2) is 0 Å².